The van der Waals surface area contributed by atoms with E-state index in [1.807, 2.05) is 0 Å². The first-order chi connectivity index (χ1) is 8.32. The van der Waals surface area contributed by atoms with Crippen LogP contribution in [0.1, 0.15) is 29.0 Å². The Hall–Kier alpha value is -1.01. The van der Waals surface area contributed by atoms with Crippen molar-refractivity contribution in [1.82, 2.24) is 9.47 Å². The number of aromatic nitrogens is 1. The van der Waals surface area contributed by atoms with Gasteiger partial charge in [-0.1, -0.05) is 0 Å². The van der Waals surface area contributed by atoms with E-state index in [4.69, 9.17) is 10.7 Å². The minimum Gasteiger partial charge on any atom is -0.343 e. The molecule has 0 aliphatic carbocycles. The number of hydrogen-bond donors (Lipinski definition) is 0. The first-order valence-corrected chi connectivity index (χ1v) is 8.03. The molecule has 18 heavy (non-hydrogen) atoms. The van der Waals surface area contributed by atoms with E-state index in [-0.39, 0.29) is 10.8 Å². The summed E-state index contributed by atoms with van der Waals surface area (Å²) in [5.74, 6) is -0.135. The summed E-state index contributed by atoms with van der Waals surface area (Å²) in [5.41, 5.74) is 0.848. The topological polar surface area (TPSA) is 59.4 Å². The summed E-state index contributed by atoms with van der Waals surface area (Å²) < 4.78 is 24.4. The Morgan fingerprint density at radius 3 is 2.33 bits per heavy atom. The molecule has 7 heteroatoms. The van der Waals surface area contributed by atoms with Crippen LogP contribution in [0, 0.1) is 6.92 Å². The molecule has 5 nitrogen and oxygen atoms in total. The van der Waals surface area contributed by atoms with Crippen LogP contribution in [0.5, 0.6) is 0 Å². The number of carbonyl (C=O) groups excluding carboxylic acids is 1. The summed E-state index contributed by atoms with van der Waals surface area (Å²) in [6, 6.07) is 1.36. The first-order valence-electron chi connectivity index (χ1n) is 5.72. The van der Waals surface area contributed by atoms with Crippen LogP contribution in [0.25, 0.3) is 0 Å². The highest BCUT2D eigenvalue weighted by molar-refractivity contribution is 8.13. The van der Waals surface area contributed by atoms with Gasteiger partial charge in [-0.2, -0.15) is 0 Å². The largest absolute Gasteiger partial charge is 0.343 e. The van der Waals surface area contributed by atoms with Gasteiger partial charge in [0.1, 0.15) is 10.6 Å². The number of amides is 1. The van der Waals surface area contributed by atoms with Crippen LogP contribution >= 0.6 is 10.7 Å². The Kier molecular flexibility index (Phi) is 3.42. The molecule has 1 aromatic heterocycles. The predicted octanol–water partition coefficient (Wildman–Crippen LogP) is 1.50. The van der Waals surface area contributed by atoms with Gasteiger partial charge >= 0.3 is 0 Å². The molecular formula is C11H15ClN2O3S. The quantitative estimate of drug-likeness (QED) is 0.776. The van der Waals surface area contributed by atoms with E-state index in [2.05, 4.69) is 0 Å². The minimum absolute atomic E-state index is 0.00853. The molecule has 1 aliphatic rings. The van der Waals surface area contributed by atoms with Crippen LogP contribution in [-0.2, 0) is 16.1 Å². The molecule has 2 heterocycles. The van der Waals surface area contributed by atoms with Gasteiger partial charge in [0.15, 0.2) is 0 Å². The van der Waals surface area contributed by atoms with Crippen molar-refractivity contribution >= 4 is 25.6 Å². The molecule has 1 aliphatic heterocycles. The molecule has 2 rings (SSSR count). The maximum absolute atomic E-state index is 12.2. The monoisotopic (exact) mass is 290 g/mol. The van der Waals surface area contributed by atoms with Crippen molar-refractivity contribution in [3.8, 4) is 0 Å². The van der Waals surface area contributed by atoms with E-state index in [0.717, 1.165) is 25.9 Å². The normalized spacial score (nSPS) is 16.3. The van der Waals surface area contributed by atoms with E-state index in [9.17, 15) is 13.2 Å². The SMILES string of the molecule is Cc1c(S(=O)(=O)Cl)cc(C(=O)N2CCCC2)n1C. The second-order valence-corrected chi connectivity index (χ2v) is 7.01. The van der Waals surface area contributed by atoms with E-state index >= 15 is 0 Å². The Morgan fingerprint density at radius 2 is 1.89 bits per heavy atom. The maximum atomic E-state index is 12.2. The maximum Gasteiger partial charge on any atom is 0.270 e. The summed E-state index contributed by atoms with van der Waals surface area (Å²) >= 11 is 0. The molecular weight excluding hydrogens is 276 g/mol. The van der Waals surface area contributed by atoms with Crippen molar-refractivity contribution in [3.05, 3.63) is 17.5 Å². The fourth-order valence-corrected chi connectivity index (χ4v) is 3.42. The van der Waals surface area contributed by atoms with Crippen LogP contribution in [0.3, 0.4) is 0 Å². The summed E-state index contributed by atoms with van der Waals surface area (Å²) in [7, 11) is 3.21. The molecule has 0 aromatic carbocycles. The Balaban J connectivity index is 2.43. The zero-order chi connectivity index (χ0) is 13.5. The van der Waals surface area contributed by atoms with Crippen LogP contribution in [0.15, 0.2) is 11.0 Å². The molecule has 1 amide bonds. The summed E-state index contributed by atoms with van der Waals surface area (Å²) in [6.45, 7) is 3.09. The van der Waals surface area contributed by atoms with Crippen molar-refractivity contribution < 1.29 is 13.2 Å². The van der Waals surface area contributed by atoms with Crippen LogP contribution in [0.4, 0.5) is 0 Å². The second-order valence-electron chi connectivity index (χ2n) is 4.48. The van der Waals surface area contributed by atoms with Gasteiger partial charge in [0.25, 0.3) is 15.0 Å². The highest BCUT2D eigenvalue weighted by Crippen LogP contribution is 2.24. The molecule has 0 unspecified atom stereocenters. The van der Waals surface area contributed by atoms with Gasteiger partial charge in [0.2, 0.25) is 0 Å². The lowest BCUT2D eigenvalue weighted by Gasteiger charge is -2.15. The molecule has 1 fully saturated rings. The van der Waals surface area contributed by atoms with E-state index in [1.54, 1.807) is 23.4 Å². The number of rotatable bonds is 2. The number of carbonyl (C=O) groups is 1. The van der Waals surface area contributed by atoms with Crippen LogP contribution < -0.4 is 0 Å². The van der Waals surface area contributed by atoms with Crippen molar-refractivity contribution in [2.45, 2.75) is 24.7 Å². The van der Waals surface area contributed by atoms with Gasteiger partial charge in [-0.3, -0.25) is 4.79 Å². The molecule has 1 aromatic rings. The Bertz CT molecular complexity index is 586. The predicted molar refractivity (Wildman–Crippen MR) is 68.3 cm³/mol. The summed E-state index contributed by atoms with van der Waals surface area (Å²) in [4.78, 5) is 14.0. The molecule has 0 spiro atoms. The summed E-state index contributed by atoms with van der Waals surface area (Å²) in [5, 5.41) is 0. The van der Waals surface area contributed by atoms with Gasteiger partial charge in [-0.25, -0.2) is 8.42 Å². The number of hydrogen-bond acceptors (Lipinski definition) is 3. The molecule has 0 atom stereocenters. The molecule has 100 valence electrons. The van der Waals surface area contributed by atoms with Gasteiger partial charge in [0, 0.05) is 36.5 Å². The first kappa shape index (κ1) is 13.4. The third kappa shape index (κ3) is 2.27. The lowest BCUT2D eigenvalue weighted by molar-refractivity contribution is 0.0783. The Morgan fingerprint density at radius 1 is 1.33 bits per heavy atom. The zero-order valence-electron chi connectivity index (χ0n) is 10.3. The minimum atomic E-state index is -3.81. The van der Waals surface area contributed by atoms with Crippen LogP contribution in [-0.4, -0.2) is 36.9 Å². The average molecular weight is 291 g/mol. The van der Waals surface area contributed by atoms with Crippen molar-refractivity contribution in [3.63, 3.8) is 0 Å². The van der Waals surface area contributed by atoms with Gasteiger partial charge in [-0.05, 0) is 25.8 Å². The molecule has 1 saturated heterocycles. The van der Waals surface area contributed by atoms with Crippen LogP contribution in [0.2, 0.25) is 0 Å². The van der Waals surface area contributed by atoms with Gasteiger partial charge in [0.05, 0.1) is 0 Å². The third-order valence-electron chi connectivity index (χ3n) is 3.36. The lowest BCUT2D eigenvalue weighted by Crippen LogP contribution is -2.29. The average Bonchev–Trinajstić information content (AvgIpc) is 2.87. The molecule has 0 radical (unpaired) electrons. The van der Waals surface area contributed by atoms with Crippen molar-refractivity contribution in [2.24, 2.45) is 7.05 Å². The number of nitrogens with zero attached hydrogens (tertiary/aromatic N) is 2. The highest BCUT2D eigenvalue weighted by Gasteiger charge is 2.26. The number of likely N-dealkylation sites (tertiary alicyclic amines) is 1. The molecule has 0 saturated carbocycles. The molecule has 0 bridgehead atoms. The smallest absolute Gasteiger partial charge is 0.270 e. The van der Waals surface area contributed by atoms with Gasteiger partial charge in [-0.15, -0.1) is 0 Å². The third-order valence-corrected chi connectivity index (χ3v) is 4.80. The highest BCUT2D eigenvalue weighted by atomic mass is 35.7. The van der Waals surface area contributed by atoms with E-state index < -0.39 is 9.05 Å². The van der Waals surface area contributed by atoms with E-state index in [1.165, 1.54) is 6.07 Å². The lowest BCUT2D eigenvalue weighted by atomic mass is 10.3. The Labute approximate surface area is 111 Å². The standard InChI is InChI=1S/C11H15ClN2O3S/c1-8-10(18(12,16)17)7-9(13(8)2)11(15)14-5-3-4-6-14/h7H,3-6H2,1-2H3. The molecule has 0 N–H and O–H groups in total. The number of halogens is 1. The fourth-order valence-electron chi connectivity index (χ4n) is 2.21. The van der Waals surface area contributed by atoms with E-state index in [0.29, 0.717) is 11.4 Å². The second kappa shape index (κ2) is 4.59. The summed E-state index contributed by atoms with van der Waals surface area (Å²) in [6.07, 6.45) is 1.99. The van der Waals surface area contributed by atoms with Crippen molar-refractivity contribution in [1.29, 1.82) is 0 Å². The fraction of sp³-hybridized carbons (Fsp3) is 0.545. The zero-order valence-corrected chi connectivity index (χ0v) is 11.9. The van der Waals surface area contributed by atoms with Crippen molar-refractivity contribution in [2.75, 3.05) is 13.1 Å². The van der Waals surface area contributed by atoms with Gasteiger partial charge < -0.3 is 9.47 Å².